The van der Waals surface area contributed by atoms with Crippen LogP contribution in [0.15, 0.2) is 0 Å². The van der Waals surface area contributed by atoms with Crippen LogP contribution in [0.4, 0.5) is 0 Å². The van der Waals surface area contributed by atoms with Crippen LogP contribution in [0.5, 0.6) is 0 Å². The van der Waals surface area contributed by atoms with E-state index in [1.165, 1.54) is 0 Å². The van der Waals surface area contributed by atoms with E-state index in [4.69, 9.17) is 28.3 Å². The van der Waals surface area contributed by atoms with E-state index < -0.39 is 10.6 Å². The van der Waals surface area contributed by atoms with Crippen molar-refractivity contribution < 1.29 is 9.84 Å². The van der Waals surface area contributed by atoms with Crippen molar-refractivity contribution in [1.82, 2.24) is 0 Å². The molecule has 0 aromatic carbocycles. The summed E-state index contributed by atoms with van der Waals surface area (Å²) in [7, 11) is 0. The first kappa shape index (κ1) is 6.62. The van der Waals surface area contributed by atoms with Crippen molar-refractivity contribution in [3.8, 4) is 0 Å². The quantitative estimate of drug-likeness (QED) is 0.529. The number of rotatable bonds is 0. The Morgan fingerprint density at radius 3 is 2.38 bits per heavy atom. The van der Waals surface area contributed by atoms with Crippen molar-refractivity contribution >= 4 is 23.2 Å². The smallest absolute Gasteiger partial charge is 0.188 e. The Morgan fingerprint density at radius 1 is 1.62 bits per heavy atom. The van der Waals surface area contributed by atoms with Crippen LogP contribution in [0.25, 0.3) is 0 Å². The van der Waals surface area contributed by atoms with E-state index in [1.54, 1.807) is 0 Å². The third-order valence-corrected chi connectivity index (χ3v) is 1.82. The maximum absolute atomic E-state index is 8.77. The normalized spacial score (nSPS) is 35.6. The molecule has 1 saturated heterocycles. The van der Waals surface area contributed by atoms with E-state index in [-0.39, 0.29) is 0 Å². The second-order valence-electron chi connectivity index (χ2n) is 1.73. The summed E-state index contributed by atoms with van der Waals surface area (Å²) in [6.07, 6.45) is -0.511. The first-order chi connectivity index (χ1) is 3.63. The average Bonchev–Trinajstić information content (AvgIpc) is 1.86. The molecule has 0 aromatic rings. The molecule has 1 atom stereocenters. The lowest BCUT2D eigenvalue weighted by Crippen LogP contribution is -2.24. The van der Waals surface area contributed by atoms with E-state index in [9.17, 15) is 0 Å². The zero-order valence-corrected chi connectivity index (χ0v) is 5.61. The summed E-state index contributed by atoms with van der Waals surface area (Å²) in [6.45, 7) is 0.439. The molecule has 0 amide bonds. The van der Waals surface area contributed by atoms with E-state index in [0.29, 0.717) is 13.0 Å². The minimum absolute atomic E-state index is 0.439. The first-order valence-corrected chi connectivity index (χ1v) is 3.06. The molecule has 48 valence electrons. The van der Waals surface area contributed by atoms with Gasteiger partial charge in [-0.05, 0) is 0 Å². The van der Waals surface area contributed by atoms with Gasteiger partial charge in [0.05, 0.1) is 6.61 Å². The Bertz CT molecular complexity index is 94.0. The number of aliphatic hydroxyl groups is 1. The molecular weight excluding hydrogens is 151 g/mol. The zero-order chi connectivity index (χ0) is 6.20. The van der Waals surface area contributed by atoms with Gasteiger partial charge in [-0.3, -0.25) is 0 Å². The Kier molecular flexibility index (Phi) is 1.68. The zero-order valence-electron chi connectivity index (χ0n) is 4.10. The van der Waals surface area contributed by atoms with E-state index in [2.05, 4.69) is 4.74 Å². The SMILES string of the molecule is O[C@H]1OCCC1(Cl)Cl. The Labute approximate surface area is 57.3 Å². The van der Waals surface area contributed by atoms with Crippen LogP contribution >= 0.6 is 23.2 Å². The summed E-state index contributed by atoms with van der Waals surface area (Å²) in [5.41, 5.74) is 0. The maximum atomic E-state index is 8.77. The number of hydrogen-bond acceptors (Lipinski definition) is 2. The summed E-state index contributed by atoms with van der Waals surface area (Å²) in [6, 6.07) is 0. The van der Waals surface area contributed by atoms with E-state index in [0.717, 1.165) is 0 Å². The molecule has 0 spiro atoms. The number of aliphatic hydroxyl groups excluding tert-OH is 1. The van der Waals surface area contributed by atoms with Gasteiger partial charge >= 0.3 is 0 Å². The fourth-order valence-corrected chi connectivity index (χ4v) is 0.832. The Morgan fingerprint density at radius 2 is 2.25 bits per heavy atom. The summed E-state index contributed by atoms with van der Waals surface area (Å²) < 4.78 is 3.59. The molecule has 8 heavy (non-hydrogen) atoms. The average molecular weight is 157 g/mol. The highest BCUT2D eigenvalue weighted by atomic mass is 35.5. The largest absolute Gasteiger partial charge is 0.366 e. The topological polar surface area (TPSA) is 29.5 Å². The number of alkyl halides is 2. The van der Waals surface area contributed by atoms with Crippen LogP contribution in [0.2, 0.25) is 0 Å². The predicted octanol–water partition coefficient (Wildman–Crippen LogP) is 0.899. The third-order valence-electron chi connectivity index (χ3n) is 1.07. The molecule has 1 heterocycles. The van der Waals surface area contributed by atoms with Crippen LogP contribution in [0.1, 0.15) is 6.42 Å². The molecule has 1 aliphatic rings. The summed E-state index contributed by atoms with van der Waals surface area (Å²) in [4.78, 5) is 0. The van der Waals surface area contributed by atoms with E-state index in [1.807, 2.05) is 0 Å². The molecule has 0 bridgehead atoms. The van der Waals surface area contributed by atoms with Crippen LogP contribution in [0, 0.1) is 0 Å². The molecule has 0 unspecified atom stereocenters. The summed E-state index contributed by atoms with van der Waals surface area (Å²) in [5.74, 6) is 0. The fourth-order valence-electron chi connectivity index (χ4n) is 0.552. The molecule has 0 radical (unpaired) electrons. The lowest BCUT2D eigenvalue weighted by Gasteiger charge is -2.13. The molecule has 2 nitrogen and oxygen atoms in total. The Balaban J connectivity index is 2.54. The van der Waals surface area contributed by atoms with Gasteiger partial charge in [-0.25, -0.2) is 0 Å². The van der Waals surface area contributed by atoms with E-state index >= 15 is 0 Å². The molecule has 0 aliphatic carbocycles. The van der Waals surface area contributed by atoms with Crippen LogP contribution < -0.4 is 0 Å². The standard InChI is InChI=1S/C4H6Cl2O2/c5-4(6)1-2-8-3(4)7/h3,7H,1-2H2/t3-/m0/s1. The second-order valence-corrected chi connectivity index (χ2v) is 3.28. The van der Waals surface area contributed by atoms with Crippen molar-refractivity contribution in [2.75, 3.05) is 6.61 Å². The Hall–Kier alpha value is 0.500. The van der Waals surface area contributed by atoms with Crippen LogP contribution in [-0.4, -0.2) is 22.3 Å². The minimum atomic E-state index is -1.07. The molecule has 1 N–H and O–H groups in total. The summed E-state index contributed by atoms with van der Waals surface area (Å²) >= 11 is 11.0. The monoisotopic (exact) mass is 156 g/mol. The molecule has 4 heteroatoms. The first-order valence-electron chi connectivity index (χ1n) is 2.30. The highest BCUT2D eigenvalue weighted by Crippen LogP contribution is 2.34. The van der Waals surface area contributed by atoms with Crippen LogP contribution in [0.3, 0.4) is 0 Å². The number of halogens is 2. The molecule has 0 aromatic heterocycles. The van der Waals surface area contributed by atoms with Gasteiger partial charge in [-0.2, -0.15) is 0 Å². The molecule has 1 fully saturated rings. The van der Waals surface area contributed by atoms with Crippen molar-refractivity contribution in [3.63, 3.8) is 0 Å². The van der Waals surface area contributed by atoms with Crippen LogP contribution in [-0.2, 0) is 4.74 Å². The fraction of sp³-hybridized carbons (Fsp3) is 1.00. The van der Waals surface area contributed by atoms with Gasteiger partial charge in [0.1, 0.15) is 0 Å². The molecule has 1 aliphatic heterocycles. The predicted molar refractivity (Wildman–Crippen MR) is 31.0 cm³/mol. The molecular formula is C4H6Cl2O2. The molecule has 1 rings (SSSR count). The third kappa shape index (κ3) is 1.08. The van der Waals surface area contributed by atoms with Crippen molar-refractivity contribution in [1.29, 1.82) is 0 Å². The lowest BCUT2D eigenvalue weighted by atomic mass is 10.3. The maximum Gasteiger partial charge on any atom is 0.188 e. The lowest BCUT2D eigenvalue weighted by molar-refractivity contribution is -0.0628. The van der Waals surface area contributed by atoms with Gasteiger partial charge in [0, 0.05) is 6.42 Å². The molecule has 0 saturated carbocycles. The second kappa shape index (κ2) is 2.03. The van der Waals surface area contributed by atoms with Crippen molar-refractivity contribution in [2.24, 2.45) is 0 Å². The minimum Gasteiger partial charge on any atom is -0.366 e. The summed E-state index contributed by atoms with van der Waals surface area (Å²) in [5, 5.41) is 8.77. The van der Waals surface area contributed by atoms with Gasteiger partial charge in [0.15, 0.2) is 10.6 Å². The van der Waals surface area contributed by atoms with Gasteiger partial charge < -0.3 is 9.84 Å². The van der Waals surface area contributed by atoms with Gasteiger partial charge in [0.2, 0.25) is 0 Å². The van der Waals surface area contributed by atoms with Gasteiger partial charge in [0.25, 0.3) is 0 Å². The highest BCUT2D eigenvalue weighted by Gasteiger charge is 2.39. The highest BCUT2D eigenvalue weighted by molar-refractivity contribution is 6.48. The van der Waals surface area contributed by atoms with Gasteiger partial charge in [-0.15, -0.1) is 0 Å². The van der Waals surface area contributed by atoms with Crippen molar-refractivity contribution in [2.45, 2.75) is 17.0 Å². The van der Waals surface area contributed by atoms with Crippen molar-refractivity contribution in [3.05, 3.63) is 0 Å². The number of hydrogen-bond donors (Lipinski definition) is 1. The number of ether oxygens (including phenoxy) is 1. The van der Waals surface area contributed by atoms with Gasteiger partial charge in [-0.1, -0.05) is 23.2 Å².